The number of carbonyl (C=O) groups excluding carboxylic acids is 3. The summed E-state index contributed by atoms with van der Waals surface area (Å²) in [7, 11) is 1.80. The third kappa shape index (κ3) is 9.61. The van der Waals surface area contributed by atoms with Gasteiger partial charge in [-0.25, -0.2) is 4.79 Å². The number of carbonyl (C=O) groups is 3. The van der Waals surface area contributed by atoms with Crippen molar-refractivity contribution in [1.82, 2.24) is 15.1 Å². The van der Waals surface area contributed by atoms with Crippen LogP contribution in [0.25, 0.3) is 21.5 Å². The zero-order chi connectivity index (χ0) is 35.7. The van der Waals surface area contributed by atoms with Crippen molar-refractivity contribution >= 4 is 39.5 Å². The van der Waals surface area contributed by atoms with Crippen LogP contribution in [0.4, 0.5) is 4.79 Å². The first-order valence-electron chi connectivity index (χ1n) is 17.6. The second-order valence-electron chi connectivity index (χ2n) is 14.3. The summed E-state index contributed by atoms with van der Waals surface area (Å²) in [5.41, 5.74) is 0.394. The van der Waals surface area contributed by atoms with Gasteiger partial charge < -0.3 is 24.4 Å². The van der Waals surface area contributed by atoms with Crippen molar-refractivity contribution in [2.75, 3.05) is 39.9 Å². The topological polar surface area (TPSA) is 97.4 Å². The second-order valence-corrected chi connectivity index (χ2v) is 14.3. The highest BCUT2D eigenvalue weighted by Gasteiger charge is 2.49. The van der Waals surface area contributed by atoms with Crippen LogP contribution in [0.15, 0.2) is 84.9 Å². The van der Waals surface area contributed by atoms with Crippen molar-refractivity contribution in [3.05, 3.63) is 96.1 Å². The van der Waals surface area contributed by atoms with E-state index in [4.69, 9.17) is 14.2 Å². The van der Waals surface area contributed by atoms with E-state index in [1.165, 1.54) is 32.0 Å². The van der Waals surface area contributed by atoms with E-state index < -0.39 is 23.5 Å². The minimum Gasteiger partial charge on any atom is -0.463 e. The largest absolute Gasteiger partial charge is 0.463 e. The molecule has 9 nitrogen and oxygen atoms in total. The van der Waals surface area contributed by atoms with E-state index in [2.05, 4.69) is 59.9 Å². The fourth-order valence-electron chi connectivity index (χ4n) is 6.57. The Morgan fingerprint density at radius 1 is 0.940 bits per heavy atom. The highest BCUT2D eigenvalue weighted by molar-refractivity contribution is 6.02. The predicted molar refractivity (Wildman–Crippen MR) is 197 cm³/mol. The van der Waals surface area contributed by atoms with E-state index in [1.54, 1.807) is 39.6 Å². The summed E-state index contributed by atoms with van der Waals surface area (Å²) in [6.07, 6.45) is 1.97. The fourth-order valence-corrected chi connectivity index (χ4v) is 6.57. The molecule has 50 heavy (non-hydrogen) atoms. The lowest BCUT2D eigenvalue weighted by Crippen LogP contribution is -2.53. The Morgan fingerprint density at radius 3 is 2.24 bits per heavy atom. The van der Waals surface area contributed by atoms with Gasteiger partial charge in [0.25, 0.3) is 0 Å². The van der Waals surface area contributed by atoms with Crippen molar-refractivity contribution in [2.24, 2.45) is 0 Å². The first kappa shape index (κ1) is 36.8. The molecule has 1 aliphatic heterocycles. The minimum atomic E-state index is -1.10. The van der Waals surface area contributed by atoms with Crippen LogP contribution in [0.1, 0.15) is 58.1 Å². The smallest absolute Gasteiger partial charge is 0.413 e. The van der Waals surface area contributed by atoms with E-state index >= 15 is 0 Å². The molecule has 1 N–H and O–H groups in total. The first-order chi connectivity index (χ1) is 23.9. The van der Waals surface area contributed by atoms with Crippen molar-refractivity contribution in [3.8, 4) is 0 Å². The van der Waals surface area contributed by atoms with Crippen molar-refractivity contribution < 1.29 is 28.6 Å². The number of benzene rings is 4. The molecular weight excluding hydrogens is 630 g/mol. The first-order valence-corrected chi connectivity index (χ1v) is 17.6. The summed E-state index contributed by atoms with van der Waals surface area (Å²) in [6.45, 7) is 9.39. The van der Waals surface area contributed by atoms with Gasteiger partial charge in [-0.3, -0.25) is 14.5 Å². The molecule has 1 fully saturated rings. The Bertz CT molecular complexity index is 1720. The highest BCUT2D eigenvalue weighted by Crippen LogP contribution is 2.34. The summed E-state index contributed by atoms with van der Waals surface area (Å²) < 4.78 is 17.5. The predicted octanol–water partition coefficient (Wildman–Crippen LogP) is 6.89. The molecule has 266 valence electrons. The van der Waals surface area contributed by atoms with E-state index in [1.807, 2.05) is 30.3 Å². The number of aryl methyl sites for hydroxylation is 1. The monoisotopic (exact) mass is 681 g/mol. The van der Waals surface area contributed by atoms with Crippen molar-refractivity contribution in [3.63, 3.8) is 0 Å². The maximum Gasteiger partial charge on any atom is 0.413 e. The van der Waals surface area contributed by atoms with Gasteiger partial charge in [0.15, 0.2) is 0 Å². The molecule has 5 rings (SSSR count). The maximum absolute atomic E-state index is 13.4. The number of hydrogen-bond donors (Lipinski definition) is 1. The van der Waals surface area contributed by atoms with E-state index in [9.17, 15) is 14.4 Å². The molecule has 0 saturated carbocycles. The highest BCUT2D eigenvalue weighted by atomic mass is 16.6. The number of ether oxygens (including phenoxy) is 3. The van der Waals surface area contributed by atoms with Gasteiger partial charge in [-0.05, 0) is 85.8 Å². The molecule has 0 aromatic heterocycles. The quantitative estimate of drug-likeness (QED) is 0.0880. The summed E-state index contributed by atoms with van der Waals surface area (Å²) in [5, 5.41) is 8.63. The van der Waals surface area contributed by atoms with Gasteiger partial charge in [-0.2, -0.15) is 0 Å². The van der Waals surface area contributed by atoms with Crippen LogP contribution < -0.4 is 5.32 Å². The molecule has 0 spiro atoms. The number of amides is 2. The fraction of sp³-hybridized carbons (Fsp3) is 0.439. The molecule has 4 aromatic rings. The number of rotatable bonds is 14. The third-order valence-corrected chi connectivity index (χ3v) is 9.20. The molecule has 1 saturated heterocycles. The molecule has 0 radical (unpaired) electrons. The van der Waals surface area contributed by atoms with Gasteiger partial charge in [0.2, 0.25) is 5.91 Å². The Balaban J connectivity index is 1.09. The van der Waals surface area contributed by atoms with Crippen LogP contribution in [0.3, 0.4) is 0 Å². The van der Waals surface area contributed by atoms with Crippen molar-refractivity contribution in [2.45, 2.75) is 77.2 Å². The Labute approximate surface area is 295 Å². The number of likely N-dealkylation sites (N-methyl/N-ethyl adjacent to an activating group) is 1. The Kier molecular flexibility index (Phi) is 12.1. The number of nitrogens with zero attached hydrogens (tertiary/aromatic N) is 2. The lowest BCUT2D eigenvalue weighted by Gasteiger charge is -2.37. The maximum atomic E-state index is 13.4. The van der Waals surface area contributed by atoms with Gasteiger partial charge in [-0.15, -0.1) is 0 Å². The zero-order valence-electron chi connectivity index (χ0n) is 30.1. The Hall–Kier alpha value is -4.47. The van der Waals surface area contributed by atoms with Crippen molar-refractivity contribution in [1.29, 1.82) is 0 Å². The minimum absolute atomic E-state index is 0.0310. The summed E-state index contributed by atoms with van der Waals surface area (Å²) in [4.78, 5) is 42.4. The average Bonchev–Trinajstić information content (AvgIpc) is 3.43. The van der Waals surface area contributed by atoms with Crippen LogP contribution in [0.5, 0.6) is 0 Å². The zero-order valence-corrected chi connectivity index (χ0v) is 30.1. The standard InChI is InChI=1S/C41H51N3O6/c1-40(2,3)50-39(47)44-33(28-48-38(46)26-30-14-7-6-8-15-30)29-49-41(44,4)22-21-37(45)43(5)25-24-42-23-13-20-36-34-18-11-9-16-31(34)27-32-17-10-12-19-35(32)36/h6-12,14-19,27,33,42H,13,20-26,28-29H2,1-5H3/t33-,41?/m1/s1. The molecule has 1 aliphatic rings. The SMILES string of the molecule is CN(CCNCCCc1c2ccccc2cc2ccccc12)C(=O)CCC1(C)OC[C@@H](COC(=O)Cc2ccccc2)N1C(=O)OC(C)(C)C. The van der Waals surface area contributed by atoms with Gasteiger partial charge in [0.05, 0.1) is 19.1 Å². The van der Waals surface area contributed by atoms with E-state index in [-0.39, 0.29) is 44.4 Å². The van der Waals surface area contributed by atoms with Gasteiger partial charge in [0.1, 0.15) is 17.9 Å². The van der Waals surface area contributed by atoms with Gasteiger partial charge >= 0.3 is 12.1 Å². The summed E-state index contributed by atoms with van der Waals surface area (Å²) in [6, 6.07) is 28.2. The number of esters is 1. The number of hydrogen-bond acceptors (Lipinski definition) is 7. The van der Waals surface area contributed by atoms with Crippen LogP contribution in [0.2, 0.25) is 0 Å². The average molecular weight is 682 g/mol. The molecule has 2 atom stereocenters. The van der Waals surface area contributed by atoms with Gasteiger partial charge in [0, 0.05) is 33.0 Å². The molecule has 0 bridgehead atoms. The lowest BCUT2D eigenvalue weighted by molar-refractivity contribution is -0.144. The Morgan fingerprint density at radius 2 is 1.58 bits per heavy atom. The third-order valence-electron chi connectivity index (χ3n) is 9.20. The van der Waals surface area contributed by atoms with E-state index in [0.717, 1.165) is 24.9 Å². The number of nitrogens with one attached hydrogen (secondary N) is 1. The molecule has 9 heteroatoms. The molecule has 4 aromatic carbocycles. The van der Waals surface area contributed by atoms with Crippen LogP contribution in [-0.4, -0.2) is 85.0 Å². The summed E-state index contributed by atoms with van der Waals surface area (Å²) >= 11 is 0. The molecule has 2 amide bonds. The lowest BCUT2D eigenvalue weighted by atomic mass is 9.94. The molecule has 1 heterocycles. The molecular formula is C41H51N3O6. The molecule has 0 aliphatic carbocycles. The number of fused-ring (bicyclic) bond motifs is 2. The normalized spacial score (nSPS) is 17.6. The van der Waals surface area contributed by atoms with Crippen LogP contribution in [-0.2, 0) is 36.6 Å². The van der Waals surface area contributed by atoms with Crippen LogP contribution >= 0.6 is 0 Å². The summed E-state index contributed by atoms with van der Waals surface area (Å²) in [5.74, 6) is -0.429. The van der Waals surface area contributed by atoms with Crippen LogP contribution in [0, 0.1) is 0 Å². The molecule has 1 unspecified atom stereocenters. The van der Waals surface area contributed by atoms with E-state index in [0.29, 0.717) is 13.1 Å². The second kappa shape index (κ2) is 16.5. The van der Waals surface area contributed by atoms with Gasteiger partial charge in [-0.1, -0.05) is 78.9 Å².